The van der Waals surface area contributed by atoms with Crippen LogP contribution < -0.4 is 4.74 Å². The maximum absolute atomic E-state index is 12.5. The number of nitrogens with zero attached hydrogens (tertiary/aromatic N) is 2. The highest BCUT2D eigenvalue weighted by Gasteiger charge is 2.24. The van der Waals surface area contributed by atoms with E-state index in [9.17, 15) is 4.79 Å². The van der Waals surface area contributed by atoms with Crippen LogP contribution in [0.25, 0.3) is 22.0 Å². The summed E-state index contributed by atoms with van der Waals surface area (Å²) in [6.07, 6.45) is 5.32. The number of halogens is 1. The van der Waals surface area contributed by atoms with Gasteiger partial charge in [-0.05, 0) is 56.6 Å². The number of carbonyl (C=O) groups is 1. The first-order valence-corrected chi connectivity index (χ1v) is 10.1. The van der Waals surface area contributed by atoms with Gasteiger partial charge in [-0.1, -0.05) is 48.4 Å². The Balaban J connectivity index is 1.49. The van der Waals surface area contributed by atoms with Gasteiger partial charge in [-0.2, -0.15) is 0 Å². The van der Waals surface area contributed by atoms with E-state index in [4.69, 9.17) is 16.3 Å². The highest BCUT2D eigenvalue weighted by Crippen LogP contribution is 2.33. The standard InChI is InChI=1S/C23H23ClN2O2/c1-16(26-13-5-2-6-14-26)23(27)28-18-11-9-17(10-12-18)20-15-25-21-8-4-3-7-19(21)22(20)24/h3-4,7-12,15-16H,2,5-6,13-14H2,1H3. The second kappa shape index (κ2) is 8.29. The van der Waals surface area contributed by atoms with Crippen LogP contribution in [0.2, 0.25) is 5.02 Å². The van der Waals surface area contributed by atoms with Crippen molar-refractivity contribution in [1.29, 1.82) is 0 Å². The number of piperidine rings is 1. The van der Waals surface area contributed by atoms with Gasteiger partial charge >= 0.3 is 5.97 Å². The van der Waals surface area contributed by atoms with Gasteiger partial charge in [0.05, 0.1) is 10.5 Å². The van der Waals surface area contributed by atoms with Gasteiger partial charge in [0.15, 0.2) is 0 Å². The molecule has 4 nitrogen and oxygen atoms in total. The Kier molecular flexibility index (Phi) is 5.60. The number of ether oxygens (including phenoxy) is 1. The van der Waals surface area contributed by atoms with Crippen LogP contribution >= 0.6 is 11.6 Å². The number of fused-ring (bicyclic) bond motifs is 1. The molecule has 3 aromatic rings. The number of para-hydroxylation sites is 1. The van der Waals surface area contributed by atoms with Crippen LogP contribution in [0.1, 0.15) is 26.2 Å². The lowest BCUT2D eigenvalue weighted by Gasteiger charge is -2.30. The minimum Gasteiger partial charge on any atom is -0.425 e. The molecule has 0 bridgehead atoms. The molecule has 0 amide bonds. The molecule has 1 fully saturated rings. The molecule has 5 heteroatoms. The number of hydrogen-bond donors (Lipinski definition) is 0. The van der Waals surface area contributed by atoms with E-state index in [1.807, 2.05) is 55.5 Å². The van der Waals surface area contributed by atoms with Crippen molar-refractivity contribution >= 4 is 28.5 Å². The van der Waals surface area contributed by atoms with E-state index >= 15 is 0 Å². The molecule has 0 radical (unpaired) electrons. The Morgan fingerprint density at radius 3 is 2.54 bits per heavy atom. The fourth-order valence-electron chi connectivity index (χ4n) is 3.67. The molecular formula is C23H23ClN2O2. The third-order valence-electron chi connectivity index (χ3n) is 5.37. The molecule has 1 aliphatic heterocycles. The SMILES string of the molecule is CC(C(=O)Oc1ccc(-c2cnc3ccccc3c2Cl)cc1)N1CCCCC1. The molecule has 0 saturated carbocycles. The van der Waals surface area contributed by atoms with E-state index in [1.54, 1.807) is 6.20 Å². The van der Waals surface area contributed by atoms with Gasteiger partial charge in [-0.3, -0.25) is 9.88 Å². The molecule has 1 atom stereocenters. The lowest BCUT2D eigenvalue weighted by Crippen LogP contribution is -2.43. The van der Waals surface area contributed by atoms with Gasteiger partial charge in [0.25, 0.3) is 0 Å². The normalized spacial score (nSPS) is 16.1. The maximum atomic E-state index is 12.5. The molecule has 1 aliphatic rings. The summed E-state index contributed by atoms with van der Waals surface area (Å²) >= 11 is 6.60. The number of aromatic nitrogens is 1. The van der Waals surface area contributed by atoms with Gasteiger partial charge < -0.3 is 4.74 Å². The summed E-state index contributed by atoms with van der Waals surface area (Å²) in [5.74, 6) is 0.336. The first-order valence-electron chi connectivity index (χ1n) is 9.73. The zero-order valence-corrected chi connectivity index (χ0v) is 16.7. The minimum absolute atomic E-state index is 0.208. The van der Waals surface area contributed by atoms with Crippen LogP contribution in [0, 0.1) is 0 Å². The number of pyridine rings is 1. The molecule has 2 heterocycles. The summed E-state index contributed by atoms with van der Waals surface area (Å²) < 4.78 is 5.59. The zero-order valence-electron chi connectivity index (χ0n) is 15.9. The zero-order chi connectivity index (χ0) is 19.5. The minimum atomic E-state index is -0.223. The monoisotopic (exact) mass is 394 g/mol. The van der Waals surface area contributed by atoms with Crippen LogP contribution in [0.15, 0.2) is 54.7 Å². The average Bonchev–Trinajstić information content (AvgIpc) is 2.75. The van der Waals surface area contributed by atoms with E-state index in [2.05, 4.69) is 9.88 Å². The van der Waals surface area contributed by atoms with Crippen LogP contribution in [0.5, 0.6) is 5.75 Å². The van der Waals surface area contributed by atoms with Crippen molar-refractivity contribution in [2.75, 3.05) is 13.1 Å². The molecule has 144 valence electrons. The fraction of sp³-hybridized carbons (Fsp3) is 0.304. The molecule has 2 aromatic carbocycles. The summed E-state index contributed by atoms with van der Waals surface area (Å²) in [5.41, 5.74) is 2.67. The van der Waals surface area contributed by atoms with Crippen molar-refractivity contribution in [3.8, 4) is 16.9 Å². The van der Waals surface area contributed by atoms with E-state index in [0.717, 1.165) is 48.0 Å². The predicted molar refractivity (Wildman–Crippen MR) is 113 cm³/mol. The maximum Gasteiger partial charge on any atom is 0.328 e. The first kappa shape index (κ1) is 18.9. The molecule has 28 heavy (non-hydrogen) atoms. The molecular weight excluding hydrogens is 372 g/mol. The Labute approximate surface area is 170 Å². The quantitative estimate of drug-likeness (QED) is 0.442. The van der Waals surface area contributed by atoms with E-state index < -0.39 is 0 Å². The van der Waals surface area contributed by atoms with Crippen LogP contribution in [0.3, 0.4) is 0 Å². The van der Waals surface area contributed by atoms with Crippen LogP contribution in [0.4, 0.5) is 0 Å². The Hall–Kier alpha value is -2.43. The summed E-state index contributed by atoms with van der Waals surface area (Å²) in [4.78, 5) is 19.2. The van der Waals surface area contributed by atoms with Crippen LogP contribution in [-0.4, -0.2) is 35.0 Å². The Morgan fingerprint density at radius 2 is 1.79 bits per heavy atom. The number of hydrogen-bond acceptors (Lipinski definition) is 4. The second-order valence-electron chi connectivity index (χ2n) is 7.22. The van der Waals surface area contributed by atoms with Crippen molar-refractivity contribution < 1.29 is 9.53 Å². The smallest absolute Gasteiger partial charge is 0.328 e. The molecule has 0 spiro atoms. The number of esters is 1. The summed E-state index contributed by atoms with van der Waals surface area (Å²) in [5, 5.41) is 1.60. The third-order valence-corrected chi connectivity index (χ3v) is 5.78. The Bertz CT molecular complexity index is 982. The van der Waals surface area contributed by atoms with E-state index in [-0.39, 0.29) is 12.0 Å². The van der Waals surface area contributed by atoms with Gasteiger partial charge in [0.1, 0.15) is 11.8 Å². The molecule has 0 N–H and O–H groups in total. The predicted octanol–water partition coefficient (Wildman–Crippen LogP) is 5.34. The third kappa shape index (κ3) is 3.89. The second-order valence-corrected chi connectivity index (χ2v) is 7.60. The molecule has 4 rings (SSSR count). The molecule has 0 aliphatic carbocycles. The van der Waals surface area contributed by atoms with Gasteiger partial charge in [-0.25, -0.2) is 4.79 Å². The van der Waals surface area contributed by atoms with E-state index in [1.165, 1.54) is 6.42 Å². The number of rotatable bonds is 4. The summed E-state index contributed by atoms with van der Waals surface area (Å²) in [7, 11) is 0. The van der Waals surface area contributed by atoms with E-state index in [0.29, 0.717) is 10.8 Å². The number of carbonyl (C=O) groups excluding carboxylic acids is 1. The molecule has 1 unspecified atom stereocenters. The van der Waals surface area contributed by atoms with Crippen molar-refractivity contribution in [2.24, 2.45) is 0 Å². The highest BCUT2D eigenvalue weighted by atomic mass is 35.5. The van der Waals surface area contributed by atoms with Crippen molar-refractivity contribution in [2.45, 2.75) is 32.2 Å². The Morgan fingerprint density at radius 1 is 1.07 bits per heavy atom. The molecule has 1 aromatic heterocycles. The van der Waals surface area contributed by atoms with Crippen molar-refractivity contribution in [1.82, 2.24) is 9.88 Å². The summed E-state index contributed by atoms with van der Waals surface area (Å²) in [6, 6.07) is 15.0. The highest BCUT2D eigenvalue weighted by molar-refractivity contribution is 6.38. The number of benzene rings is 2. The van der Waals surface area contributed by atoms with Gasteiger partial charge in [0, 0.05) is 17.1 Å². The topological polar surface area (TPSA) is 42.4 Å². The van der Waals surface area contributed by atoms with Crippen LogP contribution in [-0.2, 0) is 4.79 Å². The largest absolute Gasteiger partial charge is 0.425 e. The summed E-state index contributed by atoms with van der Waals surface area (Å²) in [6.45, 7) is 3.84. The van der Waals surface area contributed by atoms with Crippen molar-refractivity contribution in [3.05, 3.63) is 59.8 Å². The lowest BCUT2D eigenvalue weighted by molar-refractivity contribution is -0.140. The fourth-order valence-corrected chi connectivity index (χ4v) is 3.99. The van der Waals surface area contributed by atoms with Gasteiger partial charge in [-0.15, -0.1) is 0 Å². The first-order chi connectivity index (χ1) is 13.6. The molecule has 1 saturated heterocycles. The lowest BCUT2D eigenvalue weighted by atomic mass is 10.1. The average molecular weight is 395 g/mol. The van der Waals surface area contributed by atoms with Crippen molar-refractivity contribution in [3.63, 3.8) is 0 Å². The van der Waals surface area contributed by atoms with Gasteiger partial charge in [0.2, 0.25) is 0 Å². The number of likely N-dealkylation sites (tertiary alicyclic amines) is 1.